The van der Waals surface area contributed by atoms with Gasteiger partial charge in [-0.1, -0.05) is 12.8 Å². The molecule has 0 saturated heterocycles. The molecule has 122 valence electrons. The summed E-state index contributed by atoms with van der Waals surface area (Å²) in [4.78, 5) is 11.8. The van der Waals surface area contributed by atoms with E-state index in [0.29, 0.717) is 6.04 Å². The minimum Gasteiger partial charge on any atom is -0.444 e. The second-order valence-electron chi connectivity index (χ2n) is 7.75. The van der Waals surface area contributed by atoms with Crippen molar-refractivity contribution < 1.29 is 9.53 Å². The Hall–Kier alpha value is -0.770. The van der Waals surface area contributed by atoms with Crippen LogP contribution in [0.5, 0.6) is 0 Å². The van der Waals surface area contributed by atoms with Crippen LogP contribution in [0, 0.1) is 5.92 Å². The first kappa shape index (κ1) is 16.6. The molecule has 0 bridgehead atoms. The van der Waals surface area contributed by atoms with Crippen LogP contribution in [0.15, 0.2) is 0 Å². The molecular weight excluding hydrogens is 264 g/mol. The quantitative estimate of drug-likeness (QED) is 0.833. The Labute approximate surface area is 129 Å². The van der Waals surface area contributed by atoms with Crippen molar-refractivity contribution in [3.8, 4) is 0 Å². The lowest BCUT2D eigenvalue weighted by Crippen LogP contribution is -2.44. The summed E-state index contributed by atoms with van der Waals surface area (Å²) in [6.07, 6.45) is 9.80. The van der Waals surface area contributed by atoms with Crippen molar-refractivity contribution in [1.29, 1.82) is 0 Å². The van der Waals surface area contributed by atoms with Crippen molar-refractivity contribution in [2.75, 3.05) is 6.54 Å². The molecule has 0 spiro atoms. The topological polar surface area (TPSA) is 50.4 Å². The zero-order valence-corrected chi connectivity index (χ0v) is 13.9. The van der Waals surface area contributed by atoms with Crippen molar-refractivity contribution in [2.24, 2.45) is 5.92 Å². The molecule has 0 heterocycles. The van der Waals surface area contributed by atoms with E-state index in [1.54, 1.807) is 0 Å². The van der Waals surface area contributed by atoms with Gasteiger partial charge in [-0.2, -0.15) is 0 Å². The van der Waals surface area contributed by atoms with Gasteiger partial charge in [-0.05, 0) is 71.8 Å². The lowest BCUT2D eigenvalue weighted by Gasteiger charge is -2.31. The average molecular weight is 296 g/mol. The largest absolute Gasteiger partial charge is 0.444 e. The Morgan fingerprint density at radius 1 is 1.00 bits per heavy atom. The summed E-state index contributed by atoms with van der Waals surface area (Å²) in [7, 11) is 0. The van der Waals surface area contributed by atoms with Crippen LogP contribution in [0.1, 0.15) is 72.1 Å². The molecule has 0 aromatic carbocycles. The van der Waals surface area contributed by atoms with Crippen molar-refractivity contribution in [2.45, 2.75) is 89.8 Å². The van der Waals surface area contributed by atoms with Gasteiger partial charge in [0, 0.05) is 12.1 Å². The molecule has 0 unspecified atom stereocenters. The number of alkyl carbamates (subject to hydrolysis) is 1. The molecule has 21 heavy (non-hydrogen) atoms. The molecule has 0 aromatic rings. The van der Waals surface area contributed by atoms with E-state index in [0.717, 1.165) is 31.6 Å². The van der Waals surface area contributed by atoms with Gasteiger partial charge in [-0.15, -0.1) is 0 Å². The monoisotopic (exact) mass is 296 g/mol. The van der Waals surface area contributed by atoms with Gasteiger partial charge < -0.3 is 15.4 Å². The normalized spacial score (nSPS) is 27.6. The van der Waals surface area contributed by atoms with Crippen molar-refractivity contribution >= 4 is 6.09 Å². The van der Waals surface area contributed by atoms with E-state index in [2.05, 4.69) is 10.6 Å². The van der Waals surface area contributed by atoms with Crippen LogP contribution in [-0.2, 0) is 4.74 Å². The lowest BCUT2D eigenvalue weighted by molar-refractivity contribution is 0.0489. The molecule has 2 N–H and O–H groups in total. The van der Waals surface area contributed by atoms with E-state index in [4.69, 9.17) is 4.74 Å². The van der Waals surface area contributed by atoms with Crippen LogP contribution >= 0.6 is 0 Å². The Morgan fingerprint density at radius 3 is 2.14 bits per heavy atom. The number of hydrogen-bond donors (Lipinski definition) is 2. The number of carbonyl (C=O) groups is 1. The first-order valence-corrected chi connectivity index (χ1v) is 8.65. The minimum atomic E-state index is -0.413. The molecule has 2 rings (SSSR count). The van der Waals surface area contributed by atoms with Crippen molar-refractivity contribution in [1.82, 2.24) is 10.6 Å². The van der Waals surface area contributed by atoms with Crippen LogP contribution in [0.4, 0.5) is 4.79 Å². The van der Waals surface area contributed by atoms with Gasteiger partial charge in [0.1, 0.15) is 5.60 Å². The SMILES string of the molecule is CC(C)(C)OC(=O)NC1CCC(NCC2CCCC2)CC1. The van der Waals surface area contributed by atoms with E-state index in [1.165, 1.54) is 32.2 Å². The van der Waals surface area contributed by atoms with Gasteiger partial charge in [0.2, 0.25) is 0 Å². The first-order chi connectivity index (χ1) is 9.92. The Kier molecular flexibility index (Phi) is 5.91. The summed E-state index contributed by atoms with van der Waals surface area (Å²) in [6, 6.07) is 0.923. The zero-order chi connectivity index (χ0) is 15.3. The third kappa shape index (κ3) is 6.25. The molecule has 2 saturated carbocycles. The van der Waals surface area contributed by atoms with E-state index >= 15 is 0 Å². The third-order valence-electron chi connectivity index (χ3n) is 4.62. The molecule has 4 nitrogen and oxygen atoms in total. The van der Waals surface area contributed by atoms with Gasteiger partial charge >= 0.3 is 6.09 Å². The second-order valence-corrected chi connectivity index (χ2v) is 7.75. The Morgan fingerprint density at radius 2 is 1.57 bits per heavy atom. The van der Waals surface area contributed by atoms with Crippen molar-refractivity contribution in [3.63, 3.8) is 0 Å². The van der Waals surface area contributed by atoms with E-state index in [9.17, 15) is 4.79 Å². The molecular formula is C17H32N2O2. The van der Waals surface area contributed by atoms with Gasteiger partial charge in [0.15, 0.2) is 0 Å². The fourth-order valence-electron chi connectivity index (χ4n) is 3.46. The molecule has 1 amide bonds. The third-order valence-corrected chi connectivity index (χ3v) is 4.62. The van der Waals surface area contributed by atoms with E-state index < -0.39 is 5.60 Å². The highest BCUT2D eigenvalue weighted by atomic mass is 16.6. The standard InChI is InChI=1S/C17H32N2O2/c1-17(2,3)21-16(20)19-15-10-8-14(9-11-15)18-12-13-6-4-5-7-13/h13-15,18H,4-12H2,1-3H3,(H,19,20). The Bertz CT molecular complexity index is 324. The first-order valence-electron chi connectivity index (χ1n) is 8.65. The Balaban J connectivity index is 1.60. The maximum atomic E-state index is 11.8. The van der Waals surface area contributed by atoms with E-state index in [1.807, 2.05) is 20.8 Å². The second kappa shape index (κ2) is 7.48. The van der Waals surface area contributed by atoms with Crippen molar-refractivity contribution in [3.05, 3.63) is 0 Å². The number of ether oxygens (including phenoxy) is 1. The summed E-state index contributed by atoms with van der Waals surface area (Å²) in [6.45, 7) is 6.89. The summed E-state index contributed by atoms with van der Waals surface area (Å²) in [5.74, 6) is 0.905. The number of nitrogens with one attached hydrogen (secondary N) is 2. The molecule has 0 aromatic heterocycles. The number of amides is 1. The number of hydrogen-bond acceptors (Lipinski definition) is 3. The maximum Gasteiger partial charge on any atom is 0.407 e. The predicted molar refractivity (Wildman–Crippen MR) is 85.4 cm³/mol. The molecule has 2 aliphatic carbocycles. The van der Waals surface area contributed by atoms with Crippen LogP contribution in [0.3, 0.4) is 0 Å². The van der Waals surface area contributed by atoms with Gasteiger partial charge in [-0.25, -0.2) is 4.79 Å². The molecule has 0 aliphatic heterocycles. The van der Waals surface area contributed by atoms with Gasteiger partial charge in [0.05, 0.1) is 0 Å². The minimum absolute atomic E-state index is 0.273. The summed E-state index contributed by atoms with van der Waals surface area (Å²) < 4.78 is 5.32. The molecule has 0 atom stereocenters. The van der Waals surface area contributed by atoms with Crippen LogP contribution in [0.2, 0.25) is 0 Å². The van der Waals surface area contributed by atoms with Crippen LogP contribution in [-0.4, -0.2) is 30.3 Å². The summed E-state index contributed by atoms with van der Waals surface area (Å²) in [5, 5.41) is 6.74. The molecule has 2 fully saturated rings. The predicted octanol–water partition coefficient (Wildman–Crippen LogP) is 3.60. The fraction of sp³-hybridized carbons (Fsp3) is 0.941. The molecule has 0 radical (unpaired) electrons. The fourth-order valence-corrected chi connectivity index (χ4v) is 3.46. The smallest absolute Gasteiger partial charge is 0.407 e. The van der Waals surface area contributed by atoms with Gasteiger partial charge in [-0.3, -0.25) is 0 Å². The summed E-state index contributed by atoms with van der Waals surface area (Å²) in [5.41, 5.74) is -0.413. The molecule has 2 aliphatic rings. The highest BCUT2D eigenvalue weighted by Crippen LogP contribution is 2.25. The maximum absolute atomic E-state index is 11.8. The highest BCUT2D eigenvalue weighted by molar-refractivity contribution is 5.68. The van der Waals surface area contributed by atoms with Gasteiger partial charge in [0.25, 0.3) is 0 Å². The zero-order valence-electron chi connectivity index (χ0n) is 13.9. The lowest BCUT2D eigenvalue weighted by atomic mass is 9.91. The summed E-state index contributed by atoms with van der Waals surface area (Å²) >= 11 is 0. The molecule has 4 heteroatoms. The van der Waals surface area contributed by atoms with Crippen LogP contribution < -0.4 is 10.6 Å². The van der Waals surface area contributed by atoms with E-state index in [-0.39, 0.29) is 12.1 Å². The van der Waals surface area contributed by atoms with Crippen LogP contribution in [0.25, 0.3) is 0 Å². The number of carbonyl (C=O) groups excluding carboxylic acids is 1. The average Bonchev–Trinajstić information content (AvgIpc) is 2.89. The highest BCUT2D eigenvalue weighted by Gasteiger charge is 2.25. The number of rotatable bonds is 4.